The van der Waals surface area contributed by atoms with Crippen LogP contribution in [0.2, 0.25) is 0 Å². The molecule has 5 nitrogen and oxygen atoms in total. The first-order valence-electron chi connectivity index (χ1n) is 5.21. The van der Waals surface area contributed by atoms with Crippen LogP contribution in [0.4, 0.5) is 5.82 Å². The van der Waals surface area contributed by atoms with Gasteiger partial charge in [0.05, 0.1) is 10.4 Å². The van der Waals surface area contributed by atoms with Gasteiger partial charge >= 0.3 is 0 Å². The van der Waals surface area contributed by atoms with Crippen LogP contribution in [-0.4, -0.2) is 31.2 Å². The lowest BCUT2D eigenvalue weighted by atomic mass is 10.2. The number of fused-ring (bicyclic) bond motifs is 1. The predicted octanol–water partition coefficient (Wildman–Crippen LogP) is 1.47. The molecule has 1 heterocycles. The van der Waals surface area contributed by atoms with Gasteiger partial charge in [-0.15, -0.1) is 0 Å². The Hall–Kier alpha value is -1.69. The van der Waals surface area contributed by atoms with Gasteiger partial charge in [0.15, 0.2) is 9.84 Å². The zero-order valence-electron chi connectivity index (χ0n) is 9.64. The van der Waals surface area contributed by atoms with E-state index in [1.807, 2.05) is 6.92 Å². The van der Waals surface area contributed by atoms with Gasteiger partial charge in [-0.25, -0.2) is 18.4 Å². The number of aromatic nitrogens is 2. The van der Waals surface area contributed by atoms with Crippen LogP contribution >= 0.6 is 0 Å². The van der Waals surface area contributed by atoms with E-state index in [4.69, 9.17) is 0 Å². The Kier molecular flexibility index (Phi) is 2.97. The SMILES string of the molecule is CCNc1ncnc2ccc(S(C)(=O)=O)cc12. The van der Waals surface area contributed by atoms with E-state index < -0.39 is 9.84 Å². The lowest BCUT2D eigenvalue weighted by molar-refractivity contribution is 0.602. The van der Waals surface area contributed by atoms with Crippen LogP contribution in [0.15, 0.2) is 29.4 Å². The van der Waals surface area contributed by atoms with Gasteiger partial charge in [0.1, 0.15) is 12.1 Å². The molecular weight excluding hydrogens is 238 g/mol. The maximum atomic E-state index is 11.5. The topological polar surface area (TPSA) is 72.0 Å². The average molecular weight is 251 g/mol. The third kappa shape index (κ3) is 2.36. The summed E-state index contributed by atoms with van der Waals surface area (Å²) >= 11 is 0. The zero-order chi connectivity index (χ0) is 12.5. The fraction of sp³-hybridized carbons (Fsp3) is 0.273. The van der Waals surface area contributed by atoms with E-state index in [2.05, 4.69) is 15.3 Å². The summed E-state index contributed by atoms with van der Waals surface area (Å²) in [6.07, 6.45) is 2.64. The Labute approximate surface area is 99.8 Å². The monoisotopic (exact) mass is 251 g/mol. The fourth-order valence-electron chi connectivity index (χ4n) is 1.57. The van der Waals surface area contributed by atoms with Gasteiger partial charge in [0.2, 0.25) is 0 Å². The van der Waals surface area contributed by atoms with Gasteiger partial charge in [0, 0.05) is 18.2 Å². The Morgan fingerprint density at radius 2 is 2.06 bits per heavy atom. The quantitative estimate of drug-likeness (QED) is 0.894. The first kappa shape index (κ1) is 11.8. The number of benzene rings is 1. The Morgan fingerprint density at radius 3 is 2.71 bits per heavy atom. The molecule has 1 aromatic heterocycles. The highest BCUT2D eigenvalue weighted by Crippen LogP contribution is 2.22. The number of rotatable bonds is 3. The van der Waals surface area contributed by atoms with E-state index in [1.165, 1.54) is 12.6 Å². The summed E-state index contributed by atoms with van der Waals surface area (Å²) in [7, 11) is -3.21. The Bertz CT molecular complexity index is 653. The van der Waals surface area contributed by atoms with Gasteiger partial charge in [-0.1, -0.05) is 0 Å². The molecule has 1 aromatic carbocycles. The summed E-state index contributed by atoms with van der Waals surface area (Å²) < 4.78 is 23.0. The summed E-state index contributed by atoms with van der Waals surface area (Å²) in [5, 5.41) is 3.80. The minimum Gasteiger partial charge on any atom is -0.370 e. The van der Waals surface area contributed by atoms with Crippen molar-refractivity contribution in [1.82, 2.24) is 9.97 Å². The Morgan fingerprint density at radius 1 is 1.29 bits per heavy atom. The van der Waals surface area contributed by atoms with Crippen LogP contribution in [0.1, 0.15) is 6.92 Å². The van der Waals surface area contributed by atoms with Crippen molar-refractivity contribution in [1.29, 1.82) is 0 Å². The van der Waals surface area contributed by atoms with Crippen molar-refractivity contribution < 1.29 is 8.42 Å². The number of anilines is 1. The maximum absolute atomic E-state index is 11.5. The number of hydrogen-bond acceptors (Lipinski definition) is 5. The van der Waals surface area contributed by atoms with E-state index in [1.54, 1.807) is 18.2 Å². The van der Waals surface area contributed by atoms with Crippen LogP contribution in [-0.2, 0) is 9.84 Å². The van der Waals surface area contributed by atoms with E-state index in [0.29, 0.717) is 5.82 Å². The molecule has 0 spiro atoms. The first-order valence-corrected chi connectivity index (χ1v) is 7.10. The maximum Gasteiger partial charge on any atom is 0.175 e. The molecule has 0 amide bonds. The second-order valence-corrected chi connectivity index (χ2v) is 5.72. The molecule has 0 bridgehead atoms. The smallest absolute Gasteiger partial charge is 0.175 e. The van der Waals surface area contributed by atoms with Gasteiger partial charge in [0.25, 0.3) is 0 Å². The average Bonchev–Trinajstić information content (AvgIpc) is 2.28. The van der Waals surface area contributed by atoms with E-state index in [-0.39, 0.29) is 4.90 Å². The Balaban J connectivity index is 2.70. The molecule has 17 heavy (non-hydrogen) atoms. The molecule has 0 radical (unpaired) electrons. The summed E-state index contributed by atoms with van der Waals surface area (Å²) in [6.45, 7) is 2.67. The number of nitrogens with zero attached hydrogens (tertiary/aromatic N) is 2. The largest absolute Gasteiger partial charge is 0.370 e. The van der Waals surface area contributed by atoms with Gasteiger partial charge in [-0.05, 0) is 25.1 Å². The lowest BCUT2D eigenvalue weighted by Crippen LogP contribution is -2.02. The second kappa shape index (κ2) is 4.29. The molecule has 0 saturated carbocycles. The standard InChI is InChI=1S/C11H13N3O2S/c1-3-12-11-9-6-8(17(2,15)16)4-5-10(9)13-7-14-11/h4-7H,3H2,1-2H3,(H,12,13,14). The highest BCUT2D eigenvalue weighted by molar-refractivity contribution is 7.90. The minimum absolute atomic E-state index is 0.277. The molecule has 0 unspecified atom stereocenters. The molecule has 1 N–H and O–H groups in total. The normalized spacial score (nSPS) is 11.6. The molecule has 0 aliphatic rings. The highest BCUT2D eigenvalue weighted by Gasteiger charge is 2.10. The number of sulfone groups is 1. The molecule has 2 aromatic rings. The molecule has 0 aliphatic carbocycles. The van der Waals surface area contributed by atoms with Crippen molar-refractivity contribution in [2.45, 2.75) is 11.8 Å². The minimum atomic E-state index is -3.21. The van der Waals surface area contributed by atoms with Crippen molar-refractivity contribution >= 4 is 26.6 Å². The number of hydrogen-bond donors (Lipinski definition) is 1. The van der Waals surface area contributed by atoms with Crippen LogP contribution in [0.3, 0.4) is 0 Å². The molecule has 0 atom stereocenters. The summed E-state index contributed by atoms with van der Waals surface area (Å²) in [4.78, 5) is 8.48. The molecule has 0 aliphatic heterocycles. The van der Waals surface area contributed by atoms with Gasteiger partial charge < -0.3 is 5.32 Å². The highest BCUT2D eigenvalue weighted by atomic mass is 32.2. The van der Waals surface area contributed by atoms with Crippen molar-refractivity contribution in [3.8, 4) is 0 Å². The third-order valence-electron chi connectivity index (χ3n) is 2.38. The third-order valence-corrected chi connectivity index (χ3v) is 3.49. The van der Waals surface area contributed by atoms with Crippen molar-refractivity contribution in [2.75, 3.05) is 18.1 Å². The van der Waals surface area contributed by atoms with E-state index in [0.717, 1.165) is 17.4 Å². The summed E-state index contributed by atoms with van der Waals surface area (Å²) in [6, 6.07) is 4.84. The second-order valence-electron chi connectivity index (χ2n) is 3.70. The molecule has 90 valence electrons. The van der Waals surface area contributed by atoms with E-state index >= 15 is 0 Å². The summed E-state index contributed by atoms with van der Waals surface area (Å²) in [5.41, 5.74) is 0.725. The molecule has 0 fully saturated rings. The molecule has 6 heteroatoms. The van der Waals surface area contributed by atoms with E-state index in [9.17, 15) is 8.42 Å². The lowest BCUT2D eigenvalue weighted by Gasteiger charge is -2.07. The summed E-state index contributed by atoms with van der Waals surface area (Å²) in [5.74, 6) is 0.656. The van der Waals surface area contributed by atoms with Crippen molar-refractivity contribution in [3.05, 3.63) is 24.5 Å². The van der Waals surface area contributed by atoms with Gasteiger partial charge in [-0.2, -0.15) is 0 Å². The predicted molar refractivity (Wildman–Crippen MR) is 66.8 cm³/mol. The zero-order valence-corrected chi connectivity index (χ0v) is 10.5. The van der Waals surface area contributed by atoms with Crippen LogP contribution in [0, 0.1) is 0 Å². The van der Waals surface area contributed by atoms with Gasteiger partial charge in [-0.3, -0.25) is 0 Å². The first-order chi connectivity index (χ1) is 8.02. The van der Waals surface area contributed by atoms with Crippen molar-refractivity contribution in [2.24, 2.45) is 0 Å². The molecular formula is C11H13N3O2S. The van der Waals surface area contributed by atoms with Crippen molar-refractivity contribution in [3.63, 3.8) is 0 Å². The molecule has 0 saturated heterocycles. The molecule has 2 rings (SSSR count). The van der Waals surface area contributed by atoms with Crippen LogP contribution < -0.4 is 5.32 Å². The number of nitrogens with one attached hydrogen (secondary N) is 1. The van der Waals surface area contributed by atoms with Crippen LogP contribution in [0.25, 0.3) is 10.9 Å². The fourth-order valence-corrected chi connectivity index (χ4v) is 2.22. The van der Waals surface area contributed by atoms with Crippen LogP contribution in [0.5, 0.6) is 0 Å².